The van der Waals surface area contributed by atoms with Crippen molar-refractivity contribution in [3.63, 3.8) is 0 Å². The third kappa shape index (κ3) is 27.9. The van der Waals surface area contributed by atoms with E-state index in [9.17, 15) is 24.3 Å². The van der Waals surface area contributed by atoms with E-state index in [1.807, 2.05) is 97.1 Å². The number of rotatable bonds is 19. The van der Waals surface area contributed by atoms with Crippen LogP contribution in [0.1, 0.15) is 130 Å². The lowest BCUT2D eigenvalue weighted by molar-refractivity contribution is 0.0407. The van der Waals surface area contributed by atoms with Gasteiger partial charge in [-0.2, -0.15) is 9.80 Å². The third-order valence-electron chi connectivity index (χ3n) is 14.7. The monoisotopic (exact) mass is 1570 g/mol. The lowest BCUT2D eigenvalue weighted by atomic mass is 9.80. The molecule has 0 unspecified atom stereocenters. The van der Waals surface area contributed by atoms with Crippen LogP contribution in [0.3, 0.4) is 0 Å². The van der Waals surface area contributed by atoms with Gasteiger partial charge in [0.05, 0.1) is 53.9 Å². The van der Waals surface area contributed by atoms with Gasteiger partial charge < -0.3 is 72.4 Å². The summed E-state index contributed by atoms with van der Waals surface area (Å²) in [5.41, 5.74) is 10.4. The summed E-state index contributed by atoms with van der Waals surface area (Å²) >= 11 is 5.78. The molecule has 592 valence electrons. The third-order valence-corrected chi connectivity index (χ3v) is 15.0. The van der Waals surface area contributed by atoms with Crippen LogP contribution in [0.2, 0.25) is 0 Å². The van der Waals surface area contributed by atoms with Crippen LogP contribution in [0.15, 0.2) is 208 Å². The molecule has 112 heavy (non-hydrogen) atoms. The average Bonchev–Trinajstić information content (AvgIpc) is 1.32. The quantitative estimate of drug-likeness (QED) is 0.0332. The molecule has 0 saturated heterocycles. The Morgan fingerprint density at radius 3 is 1.10 bits per heavy atom. The zero-order valence-corrected chi connectivity index (χ0v) is 65.6. The van der Waals surface area contributed by atoms with Gasteiger partial charge in [-0.3, -0.25) is 0 Å². The van der Waals surface area contributed by atoms with Gasteiger partial charge in [0.1, 0.15) is 70.2 Å². The maximum atomic E-state index is 13.2. The molecule has 0 aliphatic heterocycles. The van der Waals surface area contributed by atoms with Crippen molar-refractivity contribution in [2.24, 2.45) is 0 Å². The Morgan fingerprint density at radius 1 is 0.446 bits per heavy atom. The molecule has 0 spiro atoms. The van der Waals surface area contributed by atoms with E-state index in [4.69, 9.17) is 78.8 Å². The molecule has 6 heterocycles. The molecule has 5 N–H and O–H groups in total. The van der Waals surface area contributed by atoms with Crippen molar-refractivity contribution in [1.82, 2.24) is 30.4 Å². The molecule has 0 bridgehead atoms. The topological polar surface area (TPSA) is 352 Å². The zero-order valence-electron chi connectivity index (χ0n) is 64.0. The van der Waals surface area contributed by atoms with Gasteiger partial charge in [0.15, 0.2) is 28.9 Å². The molecule has 27 nitrogen and oxygen atoms in total. The molecule has 0 fully saturated rings. The number of amides is 4. The number of nitrogen functional groups attached to an aromatic ring is 1. The number of aromatic nitrogens is 6. The summed E-state index contributed by atoms with van der Waals surface area (Å²) in [7, 11) is 1.81. The van der Waals surface area contributed by atoms with Crippen LogP contribution in [0.4, 0.5) is 36.6 Å². The van der Waals surface area contributed by atoms with E-state index < -0.39 is 53.9 Å². The number of nitrogens with two attached hydrogens (primary N) is 1. The number of benzene rings is 5. The number of phenols is 1. The highest BCUT2D eigenvalue weighted by Crippen LogP contribution is 2.35. The number of halogens is 2. The Bertz CT molecular complexity index is 4730. The standard InChI is InChI=1S/C33H37N3O7.C19H24ClN3O5.C15H13N3O2.C14H15BO4.CH4.ClH/c1-32(2,3)41-30(37)36(31(38)42-33(4,5)6)29-27(9-8-18-34-29)28-20-24(35-43-28)19-22-10-16-26(17-11-22)40-21-23-12-14-25(39-7)15-13-23;1-18(2,3)26-16(24)23(17(25)27-19(4,5)6)15-13(8-7-9-21-15)14-10-12(11-20)22-28-14;16-15-13(2-1-7-17-15)14-9-11(18-20-14)8-10-3-5-12(19)6-4-10;1-18-13-6-2-11(3-7-13)10-19-14-8-4-12(5-9-14)15(16)17;;/h8-18,20H,19,21H2,1-7H3;7-10H,11H2,1-6H3;1-7,9,19H,8H2,(H2,16,17);2-9,16-17H,10H2,1H3;1H4;1H. The second-order valence-electron chi connectivity index (χ2n) is 28.3. The molecule has 6 aromatic heterocycles. The molecule has 0 aliphatic rings. The number of pyridine rings is 3. The van der Waals surface area contributed by atoms with Crippen LogP contribution in [0, 0.1) is 0 Å². The summed E-state index contributed by atoms with van der Waals surface area (Å²) in [6.45, 7) is 21.3. The fourth-order valence-electron chi connectivity index (χ4n) is 9.68. The minimum absolute atomic E-state index is 0. The zero-order chi connectivity index (χ0) is 79.9. The highest BCUT2D eigenvalue weighted by molar-refractivity contribution is 6.58. The highest BCUT2D eigenvalue weighted by atomic mass is 35.5. The van der Waals surface area contributed by atoms with E-state index >= 15 is 0 Å². The molecule has 4 amide bonds. The largest absolute Gasteiger partial charge is 0.508 e. The molecular formula is C82H94BCl2N9O18. The van der Waals surface area contributed by atoms with Gasteiger partial charge in [0, 0.05) is 49.6 Å². The first-order valence-electron chi connectivity index (χ1n) is 34.5. The summed E-state index contributed by atoms with van der Waals surface area (Å²) in [5.74, 6) is 5.09. The van der Waals surface area contributed by atoms with Crippen molar-refractivity contribution in [2.45, 2.75) is 145 Å². The van der Waals surface area contributed by atoms with Crippen LogP contribution in [-0.4, -0.2) is 114 Å². The van der Waals surface area contributed by atoms with E-state index in [1.54, 1.807) is 182 Å². The lowest BCUT2D eigenvalue weighted by Gasteiger charge is -2.28. The first-order chi connectivity index (χ1) is 52.1. The Labute approximate surface area is 662 Å². The van der Waals surface area contributed by atoms with Crippen LogP contribution in [0.5, 0.6) is 28.7 Å². The molecule has 0 saturated carbocycles. The van der Waals surface area contributed by atoms with Crippen molar-refractivity contribution < 1.29 is 85.8 Å². The van der Waals surface area contributed by atoms with Crippen molar-refractivity contribution in [3.8, 4) is 62.7 Å². The van der Waals surface area contributed by atoms with E-state index in [0.717, 1.165) is 60.6 Å². The van der Waals surface area contributed by atoms with Crippen LogP contribution < -0.4 is 39.9 Å². The predicted octanol–water partition coefficient (Wildman–Crippen LogP) is 17.4. The van der Waals surface area contributed by atoms with Crippen LogP contribution in [0.25, 0.3) is 34.0 Å². The minimum atomic E-state index is -1.45. The number of hydrogen-bond acceptors (Lipinski definition) is 25. The highest BCUT2D eigenvalue weighted by Gasteiger charge is 2.38. The number of nitrogens with zero attached hydrogens (tertiary/aromatic N) is 8. The van der Waals surface area contributed by atoms with Gasteiger partial charge in [-0.1, -0.05) is 83.6 Å². The summed E-state index contributed by atoms with van der Waals surface area (Å²) < 4.78 is 59.8. The van der Waals surface area contributed by atoms with Crippen molar-refractivity contribution >= 4 is 78.4 Å². The number of ether oxygens (including phenoxy) is 8. The maximum absolute atomic E-state index is 13.2. The Balaban J connectivity index is 0.000000245. The fourth-order valence-corrected chi connectivity index (χ4v) is 9.81. The van der Waals surface area contributed by atoms with Gasteiger partial charge in [-0.25, -0.2) is 34.1 Å². The Morgan fingerprint density at radius 2 is 0.759 bits per heavy atom. The van der Waals surface area contributed by atoms with Gasteiger partial charge in [-0.15, -0.1) is 24.0 Å². The van der Waals surface area contributed by atoms with E-state index in [1.165, 1.54) is 12.4 Å². The minimum Gasteiger partial charge on any atom is -0.508 e. The molecular weight excluding hydrogens is 1480 g/mol. The first kappa shape index (κ1) is 88.9. The number of hydrogen-bond donors (Lipinski definition) is 4. The van der Waals surface area contributed by atoms with Gasteiger partial charge in [-0.05, 0) is 208 Å². The van der Waals surface area contributed by atoms with Crippen molar-refractivity contribution in [3.05, 3.63) is 234 Å². The second-order valence-corrected chi connectivity index (χ2v) is 28.6. The smallest absolute Gasteiger partial charge is 0.488 e. The number of alkyl halides is 1. The molecule has 0 aliphatic carbocycles. The number of carbonyl (C=O) groups excluding carboxylic acids is 4. The summed E-state index contributed by atoms with van der Waals surface area (Å²) in [6, 6.07) is 52.2. The molecule has 0 atom stereocenters. The Hall–Kier alpha value is -12.0. The predicted molar refractivity (Wildman–Crippen MR) is 428 cm³/mol. The second kappa shape index (κ2) is 40.6. The van der Waals surface area contributed by atoms with E-state index in [-0.39, 0.29) is 43.1 Å². The number of aromatic hydroxyl groups is 1. The Kier molecular flexibility index (Phi) is 32.3. The van der Waals surface area contributed by atoms with Gasteiger partial charge >= 0.3 is 31.5 Å². The van der Waals surface area contributed by atoms with E-state index in [2.05, 4.69) is 30.4 Å². The molecule has 11 aromatic rings. The van der Waals surface area contributed by atoms with Crippen molar-refractivity contribution in [2.75, 3.05) is 29.8 Å². The number of anilines is 3. The SMILES string of the molecule is C.CC(C)(C)OC(=O)N(C(=O)OC(C)(C)C)c1ncccc1-c1cc(CCl)no1.COc1ccc(COc2ccc(B(O)O)cc2)cc1.COc1ccc(COc2ccc(Cc3cc(-c4cccnc4N(C(=O)OC(C)(C)C)C(=O)OC(C)(C)C)on3)cc2)cc1.Cl.Nc1ncccc1-c1cc(Cc2ccc(O)cc2)no1. The van der Waals surface area contributed by atoms with Crippen LogP contribution >= 0.6 is 24.0 Å². The fraction of sp³-hybridized carbons (Fsp3) is 0.293. The van der Waals surface area contributed by atoms with Gasteiger partial charge in [0.2, 0.25) is 0 Å². The summed E-state index contributed by atoms with van der Waals surface area (Å²) in [6.07, 6.45) is 1.98. The number of methoxy groups -OCH3 is 2. The maximum Gasteiger partial charge on any atom is 0.488 e. The van der Waals surface area contributed by atoms with Crippen LogP contribution in [-0.2, 0) is 50.9 Å². The van der Waals surface area contributed by atoms with Gasteiger partial charge in [0.25, 0.3) is 0 Å². The number of phenolic OH excluding ortho intramolecular Hbond substituents is 1. The molecule has 5 aromatic carbocycles. The lowest BCUT2D eigenvalue weighted by Crippen LogP contribution is -2.44. The normalized spacial score (nSPS) is 11.0. The number of imide groups is 2. The first-order valence-corrected chi connectivity index (χ1v) is 35.1. The summed E-state index contributed by atoms with van der Waals surface area (Å²) in [4.78, 5) is 66.1. The number of carbonyl (C=O) groups is 4. The van der Waals surface area contributed by atoms with E-state index in [0.29, 0.717) is 82.9 Å². The molecule has 30 heteroatoms. The molecule has 0 radical (unpaired) electrons. The average molecular weight is 1580 g/mol. The van der Waals surface area contributed by atoms with Crippen molar-refractivity contribution in [1.29, 1.82) is 0 Å². The summed E-state index contributed by atoms with van der Waals surface area (Å²) in [5, 5.41) is 39.3. The molecule has 11 rings (SSSR count).